The molecule has 4 heteroatoms. The van der Waals surface area contributed by atoms with Gasteiger partial charge in [-0.15, -0.1) is 0 Å². The van der Waals surface area contributed by atoms with Gasteiger partial charge in [-0.2, -0.15) is 0 Å². The molecule has 0 bridgehead atoms. The Morgan fingerprint density at radius 3 is 2.55 bits per heavy atom. The van der Waals surface area contributed by atoms with Crippen LogP contribution in [0.3, 0.4) is 0 Å². The molecule has 3 nitrogen and oxygen atoms in total. The number of ether oxygens (including phenoxy) is 2. The van der Waals surface area contributed by atoms with E-state index in [9.17, 15) is 0 Å². The Balaban J connectivity index is 2.96. The van der Waals surface area contributed by atoms with Crippen molar-refractivity contribution in [3.63, 3.8) is 0 Å². The van der Waals surface area contributed by atoms with Gasteiger partial charge < -0.3 is 14.8 Å². The summed E-state index contributed by atoms with van der Waals surface area (Å²) in [7, 11) is 0. The smallest absolute Gasteiger partial charge is 0.175 e. The van der Waals surface area contributed by atoms with Gasteiger partial charge in [-0.05, 0) is 55.8 Å². The van der Waals surface area contributed by atoms with Crippen LogP contribution in [-0.2, 0) is 6.54 Å². The van der Waals surface area contributed by atoms with Crippen molar-refractivity contribution in [1.82, 2.24) is 0 Å². The van der Waals surface area contributed by atoms with Gasteiger partial charge in [-0.25, -0.2) is 0 Å². The van der Waals surface area contributed by atoms with Crippen LogP contribution in [0, 0.1) is 0 Å². The third-order valence-corrected chi connectivity index (χ3v) is 3.25. The molecule has 1 rings (SSSR count). The fourth-order valence-electron chi connectivity index (χ4n) is 1.71. The lowest BCUT2D eigenvalue weighted by Gasteiger charge is -2.18. The molecule has 0 aliphatic carbocycles. The number of hydrogen-bond acceptors (Lipinski definition) is 2. The molecule has 112 valence electrons. The lowest BCUT2D eigenvalue weighted by atomic mass is 10.1. The van der Waals surface area contributed by atoms with Gasteiger partial charge in [0.1, 0.15) is 13.2 Å². The average Bonchev–Trinajstić information content (AvgIpc) is 2.35. The molecule has 0 unspecified atom stereocenters. The third-order valence-electron chi connectivity index (χ3n) is 2.66. The van der Waals surface area contributed by atoms with Gasteiger partial charge in [0, 0.05) is 5.56 Å². The standard InChI is InChI=1S/C16H24BrNO2/c1-6-8-20-15-13(17)9-12(10-14(15)19-7-2)11-18-16(3,4)5/h6,9-10,18H,1,7-8,11H2,2-5H3/p+1. The lowest BCUT2D eigenvalue weighted by molar-refractivity contribution is -0.731. The molecular weight excluding hydrogens is 318 g/mol. The van der Waals surface area contributed by atoms with E-state index in [0.29, 0.717) is 13.2 Å². The highest BCUT2D eigenvalue weighted by molar-refractivity contribution is 9.10. The van der Waals surface area contributed by atoms with Gasteiger partial charge in [-0.1, -0.05) is 12.7 Å². The van der Waals surface area contributed by atoms with Crippen molar-refractivity contribution < 1.29 is 14.8 Å². The summed E-state index contributed by atoms with van der Waals surface area (Å²) in [6.07, 6.45) is 1.73. The van der Waals surface area contributed by atoms with E-state index in [-0.39, 0.29) is 5.54 Å². The molecule has 1 aromatic carbocycles. The third kappa shape index (κ3) is 5.55. The quantitative estimate of drug-likeness (QED) is 0.771. The fraction of sp³-hybridized carbons (Fsp3) is 0.500. The van der Waals surface area contributed by atoms with Crippen LogP contribution in [0.2, 0.25) is 0 Å². The van der Waals surface area contributed by atoms with Crippen molar-refractivity contribution in [2.75, 3.05) is 13.2 Å². The summed E-state index contributed by atoms with van der Waals surface area (Å²) in [6.45, 7) is 14.2. The molecule has 0 saturated carbocycles. The van der Waals surface area contributed by atoms with Crippen molar-refractivity contribution in [2.45, 2.75) is 39.8 Å². The highest BCUT2D eigenvalue weighted by Gasteiger charge is 2.16. The number of rotatable bonds is 7. The Labute approximate surface area is 130 Å². The number of quaternary nitrogens is 1. The summed E-state index contributed by atoms with van der Waals surface area (Å²) < 4.78 is 12.3. The molecule has 1 aromatic rings. The first-order valence-corrected chi connectivity index (χ1v) is 7.70. The normalized spacial score (nSPS) is 11.2. The Morgan fingerprint density at radius 2 is 2.00 bits per heavy atom. The zero-order valence-electron chi connectivity index (χ0n) is 12.8. The van der Waals surface area contributed by atoms with Crippen LogP contribution in [-0.4, -0.2) is 18.8 Å². The van der Waals surface area contributed by atoms with Crippen LogP contribution in [0.5, 0.6) is 11.5 Å². The van der Waals surface area contributed by atoms with Crippen LogP contribution < -0.4 is 14.8 Å². The summed E-state index contributed by atoms with van der Waals surface area (Å²) in [5.41, 5.74) is 1.41. The number of benzene rings is 1. The molecule has 0 radical (unpaired) electrons. The minimum Gasteiger partial charge on any atom is -0.490 e. The second-order valence-electron chi connectivity index (χ2n) is 5.71. The SMILES string of the molecule is C=CCOc1c(Br)cc(C[NH2+]C(C)(C)C)cc1OCC. The summed E-state index contributed by atoms with van der Waals surface area (Å²) in [5.74, 6) is 1.52. The number of halogens is 1. The Morgan fingerprint density at radius 1 is 1.30 bits per heavy atom. The van der Waals surface area contributed by atoms with E-state index in [4.69, 9.17) is 9.47 Å². The first kappa shape index (κ1) is 17.1. The molecular formula is C16H25BrNO2+. The van der Waals surface area contributed by atoms with Crippen LogP contribution in [0.1, 0.15) is 33.3 Å². The monoisotopic (exact) mass is 342 g/mol. The van der Waals surface area contributed by atoms with E-state index in [1.807, 2.05) is 6.92 Å². The zero-order valence-corrected chi connectivity index (χ0v) is 14.4. The highest BCUT2D eigenvalue weighted by atomic mass is 79.9. The fourth-order valence-corrected chi connectivity index (χ4v) is 2.31. The van der Waals surface area contributed by atoms with Gasteiger partial charge in [-0.3, -0.25) is 0 Å². The summed E-state index contributed by atoms with van der Waals surface area (Å²) in [6, 6.07) is 4.14. The number of hydrogen-bond donors (Lipinski definition) is 1. The van der Waals surface area contributed by atoms with E-state index in [0.717, 1.165) is 22.5 Å². The zero-order chi connectivity index (χ0) is 15.2. The molecule has 0 fully saturated rings. The maximum Gasteiger partial charge on any atom is 0.175 e. The van der Waals surface area contributed by atoms with Crippen molar-refractivity contribution in [3.05, 3.63) is 34.8 Å². The second-order valence-corrected chi connectivity index (χ2v) is 6.57. The molecule has 0 amide bonds. The van der Waals surface area contributed by atoms with Gasteiger partial charge in [0.05, 0.1) is 16.6 Å². The summed E-state index contributed by atoms with van der Waals surface area (Å²) in [5, 5.41) is 2.30. The van der Waals surface area contributed by atoms with Crippen LogP contribution in [0.15, 0.2) is 29.3 Å². The van der Waals surface area contributed by atoms with Crippen LogP contribution in [0.4, 0.5) is 0 Å². The largest absolute Gasteiger partial charge is 0.490 e. The Kier molecular flexibility index (Phi) is 6.56. The van der Waals surface area contributed by atoms with E-state index in [1.165, 1.54) is 5.56 Å². The predicted molar refractivity (Wildman–Crippen MR) is 86.4 cm³/mol. The Hall–Kier alpha value is -1.00. The maximum atomic E-state index is 5.68. The maximum absolute atomic E-state index is 5.68. The first-order valence-electron chi connectivity index (χ1n) is 6.90. The summed E-state index contributed by atoms with van der Waals surface area (Å²) >= 11 is 3.57. The molecule has 0 aliphatic rings. The topological polar surface area (TPSA) is 35.1 Å². The molecule has 20 heavy (non-hydrogen) atoms. The van der Waals surface area contributed by atoms with Gasteiger partial charge in [0.2, 0.25) is 0 Å². The molecule has 0 heterocycles. The molecule has 0 atom stereocenters. The van der Waals surface area contributed by atoms with Crippen LogP contribution >= 0.6 is 15.9 Å². The molecule has 0 aliphatic heterocycles. The van der Waals surface area contributed by atoms with Crippen molar-refractivity contribution in [3.8, 4) is 11.5 Å². The van der Waals surface area contributed by atoms with Crippen LogP contribution in [0.25, 0.3) is 0 Å². The Bertz CT molecular complexity index is 453. The summed E-state index contributed by atoms with van der Waals surface area (Å²) in [4.78, 5) is 0. The minimum absolute atomic E-state index is 0.205. The van der Waals surface area contributed by atoms with Crippen molar-refractivity contribution in [1.29, 1.82) is 0 Å². The molecule has 2 N–H and O–H groups in total. The molecule has 0 saturated heterocycles. The van der Waals surface area contributed by atoms with Crippen molar-refractivity contribution >= 4 is 15.9 Å². The number of nitrogens with two attached hydrogens (primary N) is 1. The molecule has 0 spiro atoms. The second kappa shape index (κ2) is 7.70. The molecule has 0 aromatic heterocycles. The van der Waals surface area contributed by atoms with E-state index in [2.05, 4.69) is 60.7 Å². The van der Waals surface area contributed by atoms with Gasteiger partial charge in [0.15, 0.2) is 11.5 Å². The minimum atomic E-state index is 0.205. The predicted octanol–water partition coefficient (Wildman–Crippen LogP) is 3.27. The lowest BCUT2D eigenvalue weighted by Crippen LogP contribution is -2.92. The van der Waals surface area contributed by atoms with Gasteiger partial charge >= 0.3 is 0 Å². The average molecular weight is 343 g/mol. The highest BCUT2D eigenvalue weighted by Crippen LogP contribution is 2.36. The van der Waals surface area contributed by atoms with Crippen molar-refractivity contribution in [2.24, 2.45) is 0 Å². The van der Waals surface area contributed by atoms with E-state index >= 15 is 0 Å². The van der Waals surface area contributed by atoms with E-state index in [1.54, 1.807) is 6.08 Å². The first-order chi connectivity index (χ1) is 9.37. The van der Waals surface area contributed by atoms with E-state index < -0.39 is 0 Å². The van der Waals surface area contributed by atoms with Gasteiger partial charge in [0.25, 0.3) is 0 Å².